The van der Waals surface area contributed by atoms with Crippen molar-refractivity contribution in [2.75, 3.05) is 13.1 Å². The zero-order chi connectivity index (χ0) is 16.1. The van der Waals surface area contributed by atoms with Gasteiger partial charge < -0.3 is 14.1 Å². The number of carbonyl (C=O) groups is 1. The highest BCUT2D eigenvalue weighted by Crippen LogP contribution is 2.43. The van der Waals surface area contributed by atoms with Crippen LogP contribution in [0.1, 0.15) is 59.8 Å². The van der Waals surface area contributed by atoms with Crippen LogP contribution in [0, 0.1) is 5.92 Å². The van der Waals surface area contributed by atoms with Gasteiger partial charge in [-0.1, -0.05) is 0 Å². The van der Waals surface area contributed by atoms with E-state index in [1.807, 2.05) is 21.7 Å². The molecule has 4 heterocycles. The molecule has 2 aliphatic heterocycles. The number of carbonyl (C=O) groups excluding carboxylic acids is 1. The zero-order valence-electron chi connectivity index (χ0n) is 13.3. The molecule has 3 atom stereocenters. The van der Waals surface area contributed by atoms with E-state index in [9.17, 15) is 4.79 Å². The van der Waals surface area contributed by atoms with Crippen LogP contribution in [-0.4, -0.2) is 40.2 Å². The van der Waals surface area contributed by atoms with Crippen molar-refractivity contribution in [2.45, 2.75) is 43.8 Å². The van der Waals surface area contributed by atoms with E-state index in [1.54, 1.807) is 11.3 Å². The van der Waals surface area contributed by atoms with E-state index in [4.69, 9.17) is 9.15 Å². The van der Waals surface area contributed by atoms with Crippen LogP contribution < -0.4 is 0 Å². The standard InChI is InChI=1S/C17H19N3O3S/c21-17(12-4-6-24-9-12)20-5-3-11-7-13(22-14(11)8-20)16-19-18-15(23-16)10-1-2-10/h4,6,9-11,13-14H,1-3,5,7-8H2/t11-,13-,14+/m1/s1. The van der Waals surface area contributed by atoms with E-state index in [1.165, 1.54) is 0 Å². The Kier molecular flexibility index (Phi) is 3.45. The Morgan fingerprint density at radius 2 is 2.12 bits per heavy atom. The quantitative estimate of drug-likeness (QED) is 0.855. The highest BCUT2D eigenvalue weighted by atomic mass is 32.1. The van der Waals surface area contributed by atoms with Gasteiger partial charge in [0.15, 0.2) is 0 Å². The largest absolute Gasteiger partial charge is 0.422 e. The number of nitrogens with zero attached hydrogens (tertiary/aromatic N) is 3. The van der Waals surface area contributed by atoms with Crippen LogP contribution in [0.3, 0.4) is 0 Å². The van der Waals surface area contributed by atoms with Crippen LogP contribution >= 0.6 is 11.3 Å². The maximum Gasteiger partial charge on any atom is 0.254 e. The molecule has 3 aliphatic rings. The SMILES string of the molecule is O=C(c1ccsc1)N1CC[C@@H]2C[C@H](c3nnc(C4CC4)o3)O[C@H]2C1. The molecule has 24 heavy (non-hydrogen) atoms. The molecule has 0 N–H and O–H groups in total. The van der Waals surface area contributed by atoms with Gasteiger partial charge in [0, 0.05) is 24.4 Å². The van der Waals surface area contributed by atoms with Crippen molar-refractivity contribution >= 4 is 17.2 Å². The third-order valence-electron chi connectivity index (χ3n) is 5.27. The first-order chi connectivity index (χ1) is 11.8. The van der Waals surface area contributed by atoms with Crippen molar-refractivity contribution in [1.82, 2.24) is 15.1 Å². The summed E-state index contributed by atoms with van der Waals surface area (Å²) in [5, 5.41) is 12.2. The molecule has 0 unspecified atom stereocenters. The minimum Gasteiger partial charge on any atom is -0.422 e. The average Bonchev–Trinajstić information content (AvgIpc) is 3.06. The van der Waals surface area contributed by atoms with E-state index in [0.29, 0.717) is 24.3 Å². The zero-order valence-corrected chi connectivity index (χ0v) is 14.1. The Hall–Kier alpha value is -1.73. The topological polar surface area (TPSA) is 68.5 Å². The number of piperidine rings is 1. The summed E-state index contributed by atoms with van der Waals surface area (Å²) in [6, 6.07) is 1.88. The molecule has 5 rings (SSSR count). The molecule has 1 aliphatic carbocycles. The van der Waals surface area contributed by atoms with Gasteiger partial charge in [0.2, 0.25) is 11.8 Å². The van der Waals surface area contributed by atoms with E-state index in [0.717, 1.165) is 43.7 Å². The molecular formula is C17H19N3O3S. The maximum atomic E-state index is 12.5. The van der Waals surface area contributed by atoms with Crippen LogP contribution in [0.2, 0.25) is 0 Å². The first kappa shape index (κ1) is 14.6. The lowest BCUT2D eigenvalue weighted by atomic mass is 9.91. The monoisotopic (exact) mass is 345 g/mol. The summed E-state index contributed by atoms with van der Waals surface area (Å²) in [6.07, 6.45) is 4.15. The fraction of sp³-hybridized carbons (Fsp3) is 0.588. The van der Waals surface area contributed by atoms with Crippen LogP contribution in [-0.2, 0) is 4.74 Å². The van der Waals surface area contributed by atoms with Gasteiger partial charge in [-0.3, -0.25) is 4.79 Å². The number of aromatic nitrogens is 2. The second-order valence-electron chi connectivity index (χ2n) is 6.96. The molecule has 0 aromatic carbocycles. The van der Waals surface area contributed by atoms with Crippen LogP contribution in [0.25, 0.3) is 0 Å². The summed E-state index contributed by atoms with van der Waals surface area (Å²) in [6.45, 7) is 1.45. The molecule has 6 nitrogen and oxygen atoms in total. The lowest BCUT2D eigenvalue weighted by Gasteiger charge is -2.33. The number of hydrogen-bond donors (Lipinski definition) is 0. The number of likely N-dealkylation sites (tertiary alicyclic amines) is 1. The number of thiophene rings is 1. The fourth-order valence-electron chi connectivity index (χ4n) is 3.71. The normalized spacial score (nSPS) is 29.7. The summed E-state index contributed by atoms with van der Waals surface area (Å²) >= 11 is 1.55. The number of amides is 1. The number of fused-ring (bicyclic) bond motifs is 1. The molecule has 2 aromatic heterocycles. The third kappa shape index (κ3) is 2.56. The smallest absolute Gasteiger partial charge is 0.254 e. The van der Waals surface area contributed by atoms with Gasteiger partial charge in [-0.25, -0.2) is 0 Å². The number of hydrogen-bond acceptors (Lipinski definition) is 6. The van der Waals surface area contributed by atoms with Crippen molar-refractivity contribution in [1.29, 1.82) is 0 Å². The molecule has 0 spiro atoms. The summed E-state index contributed by atoms with van der Waals surface area (Å²) in [7, 11) is 0. The lowest BCUT2D eigenvalue weighted by molar-refractivity contribution is -0.0124. The predicted octanol–water partition coefficient (Wildman–Crippen LogP) is 3.00. The van der Waals surface area contributed by atoms with Crippen molar-refractivity contribution in [2.24, 2.45) is 5.92 Å². The van der Waals surface area contributed by atoms with Gasteiger partial charge in [0.05, 0.1) is 11.7 Å². The highest BCUT2D eigenvalue weighted by Gasteiger charge is 2.43. The van der Waals surface area contributed by atoms with Crippen molar-refractivity contribution in [3.63, 3.8) is 0 Å². The summed E-state index contributed by atoms with van der Waals surface area (Å²) < 4.78 is 12.0. The van der Waals surface area contributed by atoms with E-state index in [-0.39, 0.29) is 18.1 Å². The summed E-state index contributed by atoms with van der Waals surface area (Å²) in [4.78, 5) is 14.4. The van der Waals surface area contributed by atoms with Gasteiger partial charge in [0.25, 0.3) is 5.91 Å². The molecule has 0 bridgehead atoms. The van der Waals surface area contributed by atoms with E-state index >= 15 is 0 Å². The molecular weight excluding hydrogens is 326 g/mol. The predicted molar refractivity (Wildman–Crippen MR) is 86.8 cm³/mol. The first-order valence-electron chi connectivity index (χ1n) is 8.58. The fourth-order valence-corrected chi connectivity index (χ4v) is 4.34. The minimum absolute atomic E-state index is 0.0719. The third-order valence-corrected chi connectivity index (χ3v) is 5.95. The van der Waals surface area contributed by atoms with Crippen molar-refractivity contribution < 1.29 is 13.9 Å². The molecule has 1 saturated carbocycles. The Morgan fingerprint density at radius 3 is 2.92 bits per heavy atom. The van der Waals surface area contributed by atoms with Gasteiger partial charge in [0.1, 0.15) is 6.10 Å². The molecule has 1 amide bonds. The second-order valence-corrected chi connectivity index (χ2v) is 7.74. The van der Waals surface area contributed by atoms with Gasteiger partial charge in [-0.2, -0.15) is 11.3 Å². The van der Waals surface area contributed by atoms with Gasteiger partial charge in [-0.15, -0.1) is 10.2 Å². The Labute approximate surface area is 143 Å². The molecule has 126 valence electrons. The van der Waals surface area contributed by atoms with Crippen LogP contribution in [0.5, 0.6) is 0 Å². The summed E-state index contributed by atoms with van der Waals surface area (Å²) in [5.74, 6) is 2.42. The van der Waals surface area contributed by atoms with Gasteiger partial charge in [-0.05, 0) is 43.0 Å². The van der Waals surface area contributed by atoms with Crippen LogP contribution in [0.15, 0.2) is 21.2 Å². The Balaban J connectivity index is 1.26. The summed E-state index contributed by atoms with van der Waals surface area (Å²) in [5.41, 5.74) is 0.777. The Bertz CT molecular complexity index is 740. The molecule has 2 aromatic rings. The van der Waals surface area contributed by atoms with Gasteiger partial charge >= 0.3 is 0 Å². The maximum absolute atomic E-state index is 12.5. The van der Waals surface area contributed by atoms with Crippen LogP contribution in [0.4, 0.5) is 0 Å². The number of ether oxygens (including phenoxy) is 1. The molecule has 3 fully saturated rings. The van der Waals surface area contributed by atoms with E-state index < -0.39 is 0 Å². The second kappa shape index (κ2) is 5.67. The Morgan fingerprint density at radius 1 is 1.25 bits per heavy atom. The first-order valence-corrected chi connectivity index (χ1v) is 9.52. The molecule has 2 saturated heterocycles. The van der Waals surface area contributed by atoms with E-state index in [2.05, 4.69) is 10.2 Å². The van der Waals surface area contributed by atoms with Crippen molar-refractivity contribution in [3.8, 4) is 0 Å². The lowest BCUT2D eigenvalue weighted by Crippen LogP contribution is -2.45. The molecule has 0 radical (unpaired) electrons. The number of rotatable bonds is 3. The minimum atomic E-state index is -0.115. The molecule has 7 heteroatoms. The van der Waals surface area contributed by atoms with Crippen molar-refractivity contribution in [3.05, 3.63) is 34.2 Å². The average molecular weight is 345 g/mol. The highest BCUT2D eigenvalue weighted by molar-refractivity contribution is 7.08.